The molecule has 0 bridgehead atoms. The maximum absolute atomic E-state index is 12.5. The molecule has 3 rings (SSSR count). The molecule has 0 unspecified atom stereocenters. The van der Waals surface area contributed by atoms with Crippen LogP contribution in [0.5, 0.6) is 0 Å². The molecule has 1 amide bonds. The molecule has 0 saturated carbocycles. The first-order chi connectivity index (χ1) is 11.9. The van der Waals surface area contributed by atoms with Gasteiger partial charge in [0.05, 0.1) is 15.1 Å². The van der Waals surface area contributed by atoms with Gasteiger partial charge in [-0.2, -0.15) is 0 Å². The topological polar surface area (TPSA) is 88.2 Å². The first-order valence-corrected chi connectivity index (χ1v) is 9.98. The van der Waals surface area contributed by atoms with Crippen molar-refractivity contribution >= 4 is 42.6 Å². The molecule has 1 heterocycles. The van der Waals surface area contributed by atoms with Crippen LogP contribution in [0.4, 0.5) is 5.13 Å². The van der Waals surface area contributed by atoms with Crippen LogP contribution in [0, 0.1) is 6.92 Å². The number of hydrogen-bond acceptors (Lipinski definition) is 5. The summed E-state index contributed by atoms with van der Waals surface area (Å²) in [5.41, 5.74) is 2.15. The van der Waals surface area contributed by atoms with Crippen molar-refractivity contribution in [3.63, 3.8) is 0 Å². The summed E-state index contributed by atoms with van der Waals surface area (Å²) in [6.07, 6.45) is 0. The number of nitrogens with zero attached hydrogens (tertiary/aromatic N) is 1. The molecule has 3 aromatic rings. The molecule has 0 radical (unpaired) electrons. The third kappa shape index (κ3) is 3.71. The summed E-state index contributed by atoms with van der Waals surface area (Å²) in [6, 6.07) is 11.8. The standard InChI is InChI=1S/C17H17N3O3S2/c1-3-18-25(22,23)13-8-5-7-12(10-13)16(21)20-17-19-15-11(2)6-4-9-14(15)24-17/h4-10,18H,3H2,1-2H3,(H,19,20,21). The zero-order chi connectivity index (χ0) is 18.0. The average molecular weight is 375 g/mol. The van der Waals surface area contributed by atoms with Crippen LogP contribution in [0.1, 0.15) is 22.8 Å². The van der Waals surface area contributed by atoms with Gasteiger partial charge in [-0.3, -0.25) is 10.1 Å². The number of benzene rings is 2. The van der Waals surface area contributed by atoms with Crippen molar-refractivity contribution in [2.24, 2.45) is 0 Å². The molecule has 8 heteroatoms. The molecule has 0 fully saturated rings. The Kier molecular flexibility index (Phi) is 4.85. The number of nitrogens with one attached hydrogen (secondary N) is 2. The van der Waals surface area contributed by atoms with Crippen molar-refractivity contribution in [1.82, 2.24) is 9.71 Å². The second-order valence-electron chi connectivity index (χ2n) is 5.42. The molecule has 2 N–H and O–H groups in total. The van der Waals surface area contributed by atoms with E-state index in [2.05, 4.69) is 15.0 Å². The number of para-hydroxylation sites is 1. The van der Waals surface area contributed by atoms with Gasteiger partial charge in [0.1, 0.15) is 0 Å². The predicted octanol–water partition coefficient (Wildman–Crippen LogP) is 3.16. The van der Waals surface area contributed by atoms with E-state index in [-0.39, 0.29) is 17.0 Å². The molecule has 6 nitrogen and oxygen atoms in total. The molecule has 0 spiro atoms. The Morgan fingerprint density at radius 2 is 1.96 bits per heavy atom. The third-order valence-electron chi connectivity index (χ3n) is 3.58. The lowest BCUT2D eigenvalue weighted by Gasteiger charge is -2.06. The fraction of sp³-hybridized carbons (Fsp3) is 0.176. The minimum absolute atomic E-state index is 0.0575. The lowest BCUT2D eigenvalue weighted by Crippen LogP contribution is -2.23. The second-order valence-corrected chi connectivity index (χ2v) is 8.22. The third-order valence-corrected chi connectivity index (χ3v) is 6.06. The number of carbonyl (C=O) groups excluding carboxylic acids is 1. The lowest BCUT2D eigenvalue weighted by molar-refractivity contribution is 0.102. The second kappa shape index (κ2) is 6.91. The van der Waals surface area contributed by atoms with Crippen LogP contribution in [-0.4, -0.2) is 25.9 Å². The molecule has 0 aliphatic heterocycles. The van der Waals surface area contributed by atoms with Crippen LogP contribution in [0.15, 0.2) is 47.4 Å². The van der Waals surface area contributed by atoms with E-state index in [4.69, 9.17) is 0 Å². The molecule has 0 aliphatic rings. The van der Waals surface area contributed by atoms with Gasteiger partial charge in [-0.25, -0.2) is 18.1 Å². The van der Waals surface area contributed by atoms with Gasteiger partial charge in [0, 0.05) is 12.1 Å². The summed E-state index contributed by atoms with van der Waals surface area (Å²) in [5.74, 6) is -0.398. The Labute approximate surface area is 150 Å². The molecule has 1 aromatic heterocycles. The fourth-order valence-electron chi connectivity index (χ4n) is 2.39. The summed E-state index contributed by atoms with van der Waals surface area (Å²) in [6.45, 7) is 3.94. The van der Waals surface area contributed by atoms with Gasteiger partial charge in [-0.05, 0) is 36.8 Å². The minimum atomic E-state index is -3.61. The first kappa shape index (κ1) is 17.5. The highest BCUT2D eigenvalue weighted by molar-refractivity contribution is 7.89. The van der Waals surface area contributed by atoms with Gasteiger partial charge < -0.3 is 0 Å². The highest BCUT2D eigenvalue weighted by Gasteiger charge is 2.16. The van der Waals surface area contributed by atoms with E-state index in [1.165, 1.54) is 23.5 Å². The molecule has 130 valence electrons. The Morgan fingerprint density at radius 3 is 2.68 bits per heavy atom. The minimum Gasteiger partial charge on any atom is -0.298 e. The van der Waals surface area contributed by atoms with Gasteiger partial charge in [0.2, 0.25) is 10.0 Å². The van der Waals surface area contributed by atoms with Crippen molar-refractivity contribution in [3.05, 3.63) is 53.6 Å². The number of amides is 1. The summed E-state index contributed by atoms with van der Waals surface area (Å²) >= 11 is 1.38. The average Bonchev–Trinajstić information content (AvgIpc) is 2.99. The van der Waals surface area contributed by atoms with Gasteiger partial charge in [0.25, 0.3) is 5.91 Å². The summed E-state index contributed by atoms with van der Waals surface area (Å²) in [7, 11) is -3.61. The molecular formula is C17H17N3O3S2. The van der Waals surface area contributed by atoms with Gasteiger partial charge in [-0.1, -0.05) is 36.5 Å². The summed E-state index contributed by atoms with van der Waals surface area (Å²) in [5, 5.41) is 3.22. The number of fused-ring (bicyclic) bond motifs is 1. The quantitative estimate of drug-likeness (QED) is 0.717. The molecular weight excluding hydrogens is 358 g/mol. The number of aryl methyl sites for hydroxylation is 1. The molecule has 0 aliphatic carbocycles. The van der Waals surface area contributed by atoms with Gasteiger partial charge >= 0.3 is 0 Å². The van der Waals surface area contributed by atoms with E-state index in [0.717, 1.165) is 15.8 Å². The molecule has 0 saturated heterocycles. The van der Waals surface area contributed by atoms with E-state index < -0.39 is 15.9 Å². The van der Waals surface area contributed by atoms with E-state index in [9.17, 15) is 13.2 Å². The zero-order valence-electron chi connectivity index (χ0n) is 13.7. The van der Waals surface area contributed by atoms with Crippen LogP contribution in [-0.2, 0) is 10.0 Å². The number of aromatic nitrogens is 1. The van der Waals surface area contributed by atoms with E-state index in [0.29, 0.717) is 5.13 Å². The molecule has 0 atom stereocenters. The number of rotatable bonds is 5. The highest BCUT2D eigenvalue weighted by Crippen LogP contribution is 2.28. The normalized spacial score (nSPS) is 11.6. The van der Waals surface area contributed by atoms with Crippen molar-refractivity contribution in [2.75, 3.05) is 11.9 Å². The van der Waals surface area contributed by atoms with Gasteiger partial charge in [0.15, 0.2) is 5.13 Å². The van der Waals surface area contributed by atoms with Crippen molar-refractivity contribution in [3.8, 4) is 0 Å². The number of carbonyl (C=O) groups is 1. The Hall–Kier alpha value is -2.29. The van der Waals surface area contributed by atoms with Crippen LogP contribution in [0.2, 0.25) is 0 Å². The zero-order valence-corrected chi connectivity index (χ0v) is 15.4. The monoisotopic (exact) mass is 375 g/mol. The SMILES string of the molecule is CCNS(=O)(=O)c1cccc(C(=O)Nc2nc3c(C)cccc3s2)c1. The lowest BCUT2D eigenvalue weighted by atomic mass is 10.2. The Morgan fingerprint density at radius 1 is 1.20 bits per heavy atom. The Balaban J connectivity index is 1.87. The largest absolute Gasteiger partial charge is 0.298 e. The maximum Gasteiger partial charge on any atom is 0.257 e. The summed E-state index contributed by atoms with van der Waals surface area (Å²) < 4.78 is 27.5. The molecule has 25 heavy (non-hydrogen) atoms. The smallest absolute Gasteiger partial charge is 0.257 e. The maximum atomic E-state index is 12.5. The van der Waals surface area contributed by atoms with Crippen molar-refractivity contribution < 1.29 is 13.2 Å². The fourth-order valence-corrected chi connectivity index (χ4v) is 4.41. The van der Waals surface area contributed by atoms with Crippen LogP contribution in [0.3, 0.4) is 0 Å². The predicted molar refractivity (Wildman–Crippen MR) is 99.6 cm³/mol. The van der Waals surface area contributed by atoms with E-state index in [1.807, 2.05) is 25.1 Å². The number of hydrogen-bond donors (Lipinski definition) is 2. The van der Waals surface area contributed by atoms with E-state index >= 15 is 0 Å². The molecule has 2 aromatic carbocycles. The summed E-state index contributed by atoms with van der Waals surface area (Å²) in [4.78, 5) is 16.9. The number of thiazole rings is 1. The van der Waals surface area contributed by atoms with Crippen molar-refractivity contribution in [1.29, 1.82) is 0 Å². The van der Waals surface area contributed by atoms with Gasteiger partial charge in [-0.15, -0.1) is 0 Å². The van der Waals surface area contributed by atoms with Crippen molar-refractivity contribution in [2.45, 2.75) is 18.7 Å². The van der Waals surface area contributed by atoms with Crippen LogP contribution in [0.25, 0.3) is 10.2 Å². The first-order valence-electron chi connectivity index (χ1n) is 7.68. The number of sulfonamides is 1. The van der Waals surface area contributed by atoms with Crippen LogP contribution >= 0.6 is 11.3 Å². The number of anilines is 1. The Bertz CT molecular complexity index is 1040. The van der Waals surface area contributed by atoms with Crippen LogP contribution < -0.4 is 10.0 Å². The van der Waals surface area contributed by atoms with E-state index in [1.54, 1.807) is 19.1 Å². The highest BCUT2D eigenvalue weighted by atomic mass is 32.2.